The first kappa shape index (κ1) is 17.1. The van der Waals surface area contributed by atoms with Gasteiger partial charge < -0.3 is 4.90 Å². The molecule has 1 unspecified atom stereocenters. The fourth-order valence-electron chi connectivity index (χ4n) is 3.14. The number of hydrogen-bond donors (Lipinski definition) is 1. The quantitative estimate of drug-likeness (QED) is 0.750. The van der Waals surface area contributed by atoms with Gasteiger partial charge in [-0.15, -0.1) is 10.2 Å². The Hall–Kier alpha value is -3.36. The average Bonchev–Trinajstić information content (AvgIpc) is 3.23. The van der Waals surface area contributed by atoms with Crippen LogP contribution in [0.1, 0.15) is 18.5 Å². The van der Waals surface area contributed by atoms with Crippen LogP contribution >= 0.6 is 0 Å². The molecule has 1 N–H and O–H groups in total. The molecule has 0 radical (unpaired) electrons. The number of anilines is 2. The Bertz CT molecular complexity index is 909. The van der Waals surface area contributed by atoms with Crippen molar-refractivity contribution >= 4 is 17.7 Å². The Balaban J connectivity index is 1.42. The second kappa shape index (κ2) is 7.48. The fraction of sp³-hybridized carbons (Fsp3) is 0.333. The zero-order chi connectivity index (χ0) is 18.6. The number of amides is 1. The highest BCUT2D eigenvalue weighted by molar-refractivity contribution is 5.91. The number of imidazole rings is 1. The lowest BCUT2D eigenvalue weighted by Gasteiger charge is -2.32. The number of carbonyl (C=O) groups is 1. The third kappa shape index (κ3) is 3.91. The number of rotatable bonds is 4. The van der Waals surface area contributed by atoms with E-state index in [2.05, 4.69) is 35.4 Å². The van der Waals surface area contributed by atoms with E-state index in [9.17, 15) is 4.79 Å². The van der Waals surface area contributed by atoms with Crippen molar-refractivity contribution in [2.75, 3.05) is 23.3 Å². The first-order valence-electron chi connectivity index (χ1n) is 8.86. The zero-order valence-corrected chi connectivity index (χ0v) is 15.0. The largest absolute Gasteiger partial charge is 0.354 e. The molecule has 138 valence electrons. The van der Waals surface area contributed by atoms with E-state index in [1.54, 1.807) is 29.4 Å². The minimum absolute atomic E-state index is 0.0618. The van der Waals surface area contributed by atoms with E-state index in [1.807, 2.05) is 25.3 Å². The van der Waals surface area contributed by atoms with Gasteiger partial charge in [0.25, 0.3) is 0 Å². The van der Waals surface area contributed by atoms with Gasteiger partial charge >= 0.3 is 0 Å². The van der Waals surface area contributed by atoms with Crippen LogP contribution in [0.5, 0.6) is 0 Å². The molecule has 0 saturated carbocycles. The van der Waals surface area contributed by atoms with Crippen LogP contribution in [-0.2, 0) is 4.79 Å². The Morgan fingerprint density at radius 1 is 1.19 bits per heavy atom. The van der Waals surface area contributed by atoms with E-state index >= 15 is 0 Å². The molecule has 1 saturated heterocycles. The number of nitrogens with one attached hydrogen (secondary N) is 1. The second-order valence-corrected chi connectivity index (χ2v) is 6.52. The van der Waals surface area contributed by atoms with Crippen LogP contribution in [0.2, 0.25) is 0 Å². The standard InChI is InChI=1S/C18H20N8O/c1-13-6-7-20-18(21-13)22-17(27)14-3-2-9-25(11-14)15-4-5-16(24-23-15)26-10-8-19-12-26/h4-8,10,12,14H,2-3,9,11H2,1H3,(H,20,21,22,27). The van der Waals surface area contributed by atoms with Gasteiger partial charge in [-0.3, -0.25) is 14.7 Å². The molecule has 3 aromatic rings. The van der Waals surface area contributed by atoms with Crippen LogP contribution in [-0.4, -0.2) is 48.7 Å². The summed E-state index contributed by atoms with van der Waals surface area (Å²) < 4.78 is 1.80. The monoisotopic (exact) mass is 364 g/mol. The Morgan fingerprint density at radius 3 is 2.78 bits per heavy atom. The van der Waals surface area contributed by atoms with Crippen molar-refractivity contribution in [2.24, 2.45) is 5.92 Å². The normalized spacial score (nSPS) is 16.9. The molecule has 1 amide bonds. The summed E-state index contributed by atoms with van der Waals surface area (Å²) in [5.74, 6) is 1.62. The van der Waals surface area contributed by atoms with Crippen LogP contribution in [0.25, 0.3) is 5.82 Å². The molecule has 0 aliphatic carbocycles. The Kier molecular flexibility index (Phi) is 4.73. The lowest BCUT2D eigenvalue weighted by atomic mass is 9.97. The summed E-state index contributed by atoms with van der Waals surface area (Å²) in [5, 5.41) is 11.4. The van der Waals surface area contributed by atoms with Crippen LogP contribution in [0.15, 0.2) is 43.1 Å². The second-order valence-electron chi connectivity index (χ2n) is 6.52. The molecule has 0 spiro atoms. The van der Waals surface area contributed by atoms with Gasteiger partial charge in [0.1, 0.15) is 6.33 Å². The summed E-state index contributed by atoms with van der Waals surface area (Å²) >= 11 is 0. The smallest absolute Gasteiger partial charge is 0.231 e. The Morgan fingerprint density at radius 2 is 2.04 bits per heavy atom. The minimum Gasteiger partial charge on any atom is -0.354 e. The van der Waals surface area contributed by atoms with E-state index in [0.717, 1.165) is 30.9 Å². The average molecular weight is 364 g/mol. The highest BCUT2D eigenvalue weighted by Crippen LogP contribution is 2.22. The van der Waals surface area contributed by atoms with Crippen molar-refractivity contribution in [3.8, 4) is 5.82 Å². The first-order chi connectivity index (χ1) is 13.2. The molecule has 4 rings (SSSR count). The van der Waals surface area contributed by atoms with E-state index in [-0.39, 0.29) is 11.8 Å². The maximum atomic E-state index is 12.6. The van der Waals surface area contributed by atoms with Crippen LogP contribution in [0.3, 0.4) is 0 Å². The third-order valence-electron chi connectivity index (χ3n) is 4.55. The summed E-state index contributed by atoms with van der Waals surface area (Å²) in [6.07, 6.45) is 8.58. The third-order valence-corrected chi connectivity index (χ3v) is 4.55. The van der Waals surface area contributed by atoms with Crippen molar-refractivity contribution in [2.45, 2.75) is 19.8 Å². The Labute approximate surface area is 156 Å². The molecule has 1 fully saturated rings. The van der Waals surface area contributed by atoms with Gasteiger partial charge in [-0.2, -0.15) is 0 Å². The molecule has 1 aliphatic heterocycles. The van der Waals surface area contributed by atoms with Gasteiger partial charge in [-0.25, -0.2) is 15.0 Å². The van der Waals surface area contributed by atoms with Crippen LogP contribution in [0.4, 0.5) is 11.8 Å². The van der Waals surface area contributed by atoms with Crippen LogP contribution in [0, 0.1) is 12.8 Å². The summed E-state index contributed by atoms with van der Waals surface area (Å²) in [6.45, 7) is 3.31. The van der Waals surface area contributed by atoms with E-state index < -0.39 is 0 Å². The van der Waals surface area contributed by atoms with Gasteiger partial charge in [0, 0.05) is 37.4 Å². The topological polar surface area (TPSA) is 102 Å². The fourth-order valence-corrected chi connectivity index (χ4v) is 3.14. The van der Waals surface area contributed by atoms with Crippen molar-refractivity contribution in [3.05, 3.63) is 48.8 Å². The molecule has 9 nitrogen and oxygen atoms in total. The lowest BCUT2D eigenvalue weighted by molar-refractivity contribution is -0.120. The predicted molar refractivity (Wildman–Crippen MR) is 99.5 cm³/mol. The van der Waals surface area contributed by atoms with Crippen molar-refractivity contribution in [1.82, 2.24) is 29.7 Å². The predicted octanol–water partition coefficient (Wildman–Crippen LogP) is 1.62. The molecule has 0 bridgehead atoms. The van der Waals surface area contributed by atoms with E-state index in [4.69, 9.17) is 0 Å². The number of aromatic nitrogens is 6. The maximum Gasteiger partial charge on any atom is 0.231 e. The summed E-state index contributed by atoms with van der Waals surface area (Å²) in [4.78, 5) is 27.0. The summed E-state index contributed by atoms with van der Waals surface area (Å²) in [5.41, 5.74) is 0.818. The molecule has 4 heterocycles. The number of nitrogens with zero attached hydrogens (tertiary/aromatic N) is 7. The highest BCUT2D eigenvalue weighted by atomic mass is 16.2. The molecular weight excluding hydrogens is 344 g/mol. The van der Waals surface area contributed by atoms with Gasteiger partial charge in [0.05, 0.1) is 5.92 Å². The van der Waals surface area contributed by atoms with Crippen molar-refractivity contribution in [3.63, 3.8) is 0 Å². The molecule has 1 atom stereocenters. The zero-order valence-electron chi connectivity index (χ0n) is 15.0. The van der Waals surface area contributed by atoms with E-state index in [0.29, 0.717) is 18.3 Å². The molecule has 9 heteroatoms. The number of hydrogen-bond acceptors (Lipinski definition) is 7. The molecule has 3 aromatic heterocycles. The molecular formula is C18H20N8O. The van der Waals surface area contributed by atoms with Gasteiger partial charge in [0.15, 0.2) is 11.6 Å². The first-order valence-corrected chi connectivity index (χ1v) is 8.86. The van der Waals surface area contributed by atoms with Gasteiger partial charge in [0.2, 0.25) is 11.9 Å². The summed E-state index contributed by atoms with van der Waals surface area (Å²) in [6, 6.07) is 5.62. The lowest BCUT2D eigenvalue weighted by Crippen LogP contribution is -2.41. The highest BCUT2D eigenvalue weighted by Gasteiger charge is 2.27. The van der Waals surface area contributed by atoms with Gasteiger partial charge in [-0.05, 0) is 38.0 Å². The molecule has 0 aromatic carbocycles. The SMILES string of the molecule is Cc1ccnc(NC(=O)C2CCCN(c3ccc(-n4ccnc4)nn3)C2)n1. The van der Waals surface area contributed by atoms with Gasteiger partial charge in [-0.1, -0.05) is 0 Å². The number of piperidine rings is 1. The molecule has 27 heavy (non-hydrogen) atoms. The number of aryl methyl sites for hydroxylation is 1. The minimum atomic E-state index is -0.141. The van der Waals surface area contributed by atoms with Crippen molar-refractivity contribution < 1.29 is 4.79 Å². The van der Waals surface area contributed by atoms with Crippen molar-refractivity contribution in [1.29, 1.82) is 0 Å². The van der Waals surface area contributed by atoms with Crippen LogP contribution < -0.4 is 10.2 Å². The maximum absolute atomic E-state index is 12.6. The number of carbonyl (C=O) groups excluding carboxylic acids is 1. The molecule has 1 aliphatic rings. The summed E-state index contributed by atoms with van der Waals surface area (Å²) in [7, 11) is 0. The van der Waals surface area contributed by atoms with E-state index in [1.165, 1.54) is 0 Å².